The molecule has 1 aromatic carbocycles. The molecule has 2 heterocycles. The molecule has 1 atom stereocenters. The van der Waals surface area contributed by atoms with Gasteiger partial charge >= 0.3 is 0 Å². The second-order valence-electron chi connectivity index (χ2n) is 5.14. The van der Waals surface area contributed by atoms with Crippen molar-refractivity contribution >= 4 is 29.0 Å². The van der Waals surface area contributed by atoms with Gasteiger partial charge in [0.15, 0.2) is 0 Å². The number of amides is 1. The number of benzene rings is 1. The van der Waals surface area contributed by atoms with Gasteiger partial charge in [-0.2, -0.15) is 0 Å². The van der Waals surface area contributed by atoms with Gasteiger partial charge in [0.25, 0.3) is 0 Å². The molecule has 0 radical (unpaired) electrons. The zero-order valence-electron chi connectivity index (χ0n) is 11.6. The highest BCUT2D eigenvalue weighted by molar-refractivity contribution is 8.01. The van der Waals surface area contributed by atoms with Crippen molar-refractivity contribution in [2.45, 2.75) is 30.0 Å². The van der Waals surface area contributed by atoms with E-state index in [9.17, 15) is 4.79 Å². The summed E-state index contributed by atoms with van der Waals surface area (Å²) in [5.41, 5.74) is 2.58. The fraction of sp³-hybridized carbons (Fsp3) is 0.312. The number of thioether (sulfide) groups is 1. The molecule has 1 aliphatic rings. The predicted octanol–water partition coefficient (Wildman–Crippen LogP) is 3.73. The molecule has 2 aromatic rings. The van der Waals surface area contributed by atoms with Crippen molar-refractivity contribution in [2.24, 2.45) is 0 Å². The van der Waals surface area contributed by atoms with Crippen LogP contribution in [0.15, 0.2) is 40.6 Å². The molecule has 1 unspecified atom stereocenters. The first-order valence-corrected chi connectivity index (χ1v) is 8.43. The number of carbonyl (C=O) groups excluding carboxylic acids is 1. The molecule has 104 valence electrons. The zero-order valence-corrected chi connectivity index (χ0v) is 13.3. The van der Waals surface area contributed by atoms with Crippen LogP contribution in [0.25, 0.3) is 0 Å². The van der Waals surface area contributed by atoms with Crippen molar-refractivity contribution in [3.63, 3.8) is 0 Å². The van der Waals surface area contributed by atoms with Crippen LogP contribution in [-0.2, 0) is 17.8 Å². The van der Waals surface area contributed by atoms with E-state index in [2.05, 4.69) is 30.5 Å². The maximum atomic E-state index is 12.6. The largest absolute Gasteiger partial charge is 0.340 e. The van der Waals surface area contributed by atoms with Crippen LogP contribution in [0.3, 0.4) is 0 Å². The lowest BCUT2D eigenvalue weighted by Gasteiger charge is -2.20. The van der Waals surface area contributed by atoms with E-state index >= 15 is 0 Å². The number of aryl methyl sites for hydroxylation is 1. The lowest BCUT2D eigenvalue weighted by atomic mass is 10.1. The van der Waals surface area contributed by atoms with Gasteiger partial charge in [0, 0.05) is 16.8 Å². The second-order valence-corrected chi connectivity index (χ2v) is 7.38. The fourth-order valence-corrected chi connectivity index (χ4v) is 4.69. The zero-order chi connectivity index (χ0) is 14.1. The molecule has 0 N–H and O–H groups in total. The van der Waals surface area contributed by atoms with Gasteiger partial charge in [-0.15, -0.1) is 23.1 Å². The molecule has 0 aliphatic carbocycles. The van der Waals surface area contributed by atoms with Crippen molar-refractivity contribution in [1.29, 1.82) is 0 Å². The number of nitrogens with zero attached hydrogens (tertiary/aromatic N) is 1. The van der Waals surface area contributed by atoms with E-state index in [4.69, 9.17) is 0 Å². The minimum atomic E-state index is 0.0395. The Morgan fingerprint density at radius 2 is 2.15 bits per heavy atom. The van der Waals surface area contributed by atoms with Crippen LogP contribution in [0.1, 0.15) is 16.0 Å². The Labute approximate surface area is 127 Å². The third-order valence-electron chi connectivity index (χ3n) is 3.65. The fourth-order valence-electron chi connectivity index (χ4n) is 2.43. The number of hydrogen-bond donors (Lipinski definition) is 0. The normalized spacial score (nSPS) is 17.0. The number of rotatable bonds is 3. The molecule has 0 fully saturated rings. The smallest absolute Gasteiger partial charge is 0.236 e. The standard InChI is InChI=1S/C16H17NOS2/c1-11-7-8-19-15(11)10-17(2)16(18)14-9-12-5-3-4-6-13(12)20-14/h3-8,14H,9-10H2,1-2H3. The number of carbonyl (C=O) groups is 1. The summed E-state index contributed by atoms with van der Waals surface area (Å²) < 4.78 is 0. The van der Waals surface area contributed by atoms with E-state index in [-0.39, 0.29) is 11.2 Å². The van der Waals surface area contributed by atoms with Gasteiger partial charge in [-0.25, -0.2) is 0 Å². The van der Waals surface area contributed by atoms with E-state index in [1.807, 2.05) is 24.1 Å². The summed E-state index contributed by atoms with van der Waals surface area (Å²) in [7, 11) is 1.91. The number of fused-ring (bicyclic) bond motifs is 1. The molecule has 20 heavy (non-hydrogen) atoms. The topological polar surface area (TPSA) is 20.3 Å². The lowest BCUT2D eigenvalue weighted by Crippen LogP contribution is -2.34. The van der Waals surface area contributed by atoms with E-state index in [0.717, 1.165) is 13.0 Å². The molecule has 4 heteroatoms. The van der Waals surface area contributed by atoms with Gasteiger partial charge in [-0.1, -0.05) is 18.2 Å². The average molecular weight is 303 g/mol. The van der Waals surface area contributed by atoms with Crippen molar-refractivity contribution in [2.75, 3.05) is 7.05 Å². The van der Waals surface area contributed by atoms with Crippen LogP contribution in [0.5, 0.6) is 0 Å². The van der Waals surface area contributed by atoms with Crippen molar-refractivity contribution < 1.29 is 4.79 Å². The van der Waals surface area contributed by atoms with E-state index in [1.165, 1.54) is 20.9 Å². The van der Waals surface area contributed by atoms with Crippen molar-refractivity contribution in [1.82, 2.24) is 4.90 Å². The molecule has 0 saturated heterocycles. The molecular weight excluding hydrogens is 286 g/mol. The summed E-state index contributed by atoms with van der Waals surface area (Å²) in [6.45, 7) is 2.82. The Morgan fingerprint density at radius 3 is 2.85 bits per heavy atom. The lowest BCUT2D eigenvalue weighted by molar-refractivity contribution is -0.129. The molecule has 3 rings (SSSR count). The molecule has 2 nitrogen and oxygen atoms in total. The first-order chi connectivity index (χ1) is 9.65. The summed E-state index contributed by atoms with van der Waals surface area (Å²) in [6.07, 6.45) is 0.855. The highest BCUT2D eigenvalue weighted by atomic mass is 32.2. The maximum Gasteiger partial charge on any atom is 0.236 e. The first kappa shape index (κ1) is 13.7. The second kappa shape index (κ2) is 5.62. The third-order valence-corrected chi connectivity index (χ3v) is 5.96. The highest BCUT2D eigenvalue weighted by Crippen LogP contribution is 2.37. The molecule has 1 aromatic heterocycles. The van der Waals surface area contributed by atoms with Crippen LogP contribution in [0.4, 0.5) is 0 Å². The molecule has 0 bridgehead atoms. The maximum absolute atomic E-state index is 12.6. The summed E-state index contributed by atoms with van der Waals surface area (Å²) in [6, 6.07) is 10.4. The van der Waals surface area contributed by atoms with Gasteiger partial charge in [0.05, 0.1) is 11.8 Å². The van der Waals surface area contributed by atoms with Crippen LogP contribution in [0, 0.1) is 6.92 Å². The van der Waals surface area contributed by atoms with Gasteiger partial charge in [-0.05, 0) is 42.0 Å². The average Bonchev–Trinajstić information content (AvgIpc) is 3.04. The van der Waals surface area contributed by atoms with Gasteiger partial charge in [0.2, 0.25) is 5.91 Å². The Kier molecular flexibility index (Phi) is 3.85. The summed E-state index contributed by atoms with van der Waals surface area (Å²) in [5.74, 6) is 0.235. The first-order valence-electron chi connectivity index (χ1n) is 6.67. The third kappa shape index (κ3) is 2.63. The summed E-state index contributed by atoms with van der Waals surface area (Å²) in [4.78, 5) is 17.0. The Morgan fingerprint density at radius 1 is 1.35 bits per heavy atom. The summed E-state index contributed by atoms with van der Waals surface area (Å²) >= 11 is 3.43. The SMILES string of the molecule is Cc1ccsc1CN(C)C(=O)C1Cc2ccccc2S1. The quantitative estimate of drug-likeness (QED) is 0.861. The number of hydrogen-bond acceptors (Lipinski definition) is 3. The molecular formula is C16H17NOS2. The van der Waals surface area contributed by atoms with Gasteiger partial charge in [0.1, 0.15) is 0 Å². The monoisotopic (exact) mass is 303 g/mol. The van der Waals surface area contributed by atoms with E-state index in [1.54, 1.807) is 23.1 Å². The van der Waals surface area contributed by atoms with E-state index < -0.39 is 0 Å². The van der Waals surface area contributed by atoms with Gasteiger partial charge < -0.3 is 4.90 Å². The van der Waals surface area contributed by atoms with Gasteiger partial charge in [-0.3, -0.25) is 4.79 Å². The minimum absolute atomic E-state index is 0.0395. The van der Waals surface area contributed by atoms with Crippen molar-refractivity contribution in [3.05, 3.63) is 51.7 Å². The Balaban J connectivity index is 1.67. The van der Waals surface area contributed by atoms with Crippen LogP contribution < -0.4 is 0 Å². The minimum Gasteiger partial charge on any atom is -0.340 e. The Hall–Kier alpha value is -1.26. The molecule has 1 amide bonds. The Bertz CT molecular complexity index is 610. The van der Waals surface area contributed by atoms with Crippen molar-refractivity contribution in [3.8, 4) is 0 Å². The highest BCUT2D eigenvalue weighted by Gasteiger charge is 2.30. The van der Waals surface area contributed by atoms with Crippen LogP contribution in [-0.4, -0.2) is 23.1 Å². The molecule has 0 saturated carbocycles. The summed E-state index contributed by atoms with van der Waals surface area (Å²) in [5, 5.41) is 2.13. The van der Waals surface area contributed by atoms with Crippen LogP contribution in [0.2, 0.25) is 0 Å². The van der Waals surface area contributed by atoms with Crippen LogP contribution >= 0.6 is 23.1 Å². The number of thiophene rings is 1. The van der Waals surface area contributed by atoms with E-state index in [0.29, 0.717) is 0 Å². The molecule has 0 spiro atoms. The predicted molar refractivity (Wildman–Crippen MR) is 85.3 cm³/mol. The molecule has 1 aliphatic heterocycles.